The fourth-order valence-electron chi connectivity index (χ4n) is 4.33. The van der Waals surface area contributed by atoms with E-state index < -0.39 is 48.9 Å². The second-order valence-corrected chi connectivity index (χ2v) is 7.77. The first-order chi connectivity index (χ1) is 15.9. The summed E-state index contributed by atoms with van der Waals surface area (Å²) in [6.07, 6.45) is 1.31. The number of anilines is 1. The summed E-state index contributed by atoms with van der Waals surface area (Å²) in [7, 11) is 0. The Labute approximate surface area is 187 Å². The van der Waals surface area contributed by atoms with Crippen LogP contribution in [0.5, 0.6) is 5.88 Å². The lowest BCUT2D eigenvalue weighted by molar-refractivity contribution is -0.127. The zero-order valence-electron chi connectivity index (χ0n) is 17.6. The number of alkyl halides is 2. The quantitative estimate of drug-likeness (QED) is 0.672. The molecular formula is C21H22F3N5O4. The molecule has 4 rings (SSSR count). The third-order valence-electron chi connectivity index (χ3n) is 5.78. The van der Waals surface area contributed by atoms with Gasteiger partial charge in [0.1, 0.15) is 29.8 Å². The maximum absolute atomic E-state index is 15.0. The van der Waals surface area contributed by atoms with E-state index in [0.29, 0.717) is 6.42 Å². The van der Waals surface area contributed by atoms with E-state index in [1.807, 2.05) is 0 Å². The number of amidine groups is 1. The molecule has 0 unspecified atom stereocenters. The largest absolute Gasteiger partial charge is 0.462 e. The van der Waals surface area contributed by atoms with E-state index >= 15 is 4.39 Å². The zero-order valence-corrected chi connectivity index (χ0v) is 17.6. The molecule has 3 N–H and O–H groups in total. The second-order valence-electron chi connectivity index (χ2n) is 7.77. The molecule has 2 aromatic rings. The van der Waals surface area contributed by atoms with Crippen LogP contribution in [0.3, 0.4) is 0 Å². The predicted octanol–water partition coefficient (Wildman–Crippen LogP) is 2.48. The van der Waals surface area contributed by atoms with Crippen molar-refractivity contribution in [2.75, 3.05) is 25.5 Å². The number of hydrogen-bond donors (Lipinski definition) is 2. The van der Waals surface area contributed by atoms with Crippen LogP contribution in [0.2, 0.25) is 0 Å². The Morgan fingerprint density at radius 3 is 2.85 bits per heavy atom. The molecule has 0 saturated carbocycles. The van der Waals surface area contributed by atoms with Gasteiger partial charge < -0.3 is 25.3 Å². The van der Waals surface area contributed by atoms with Crippen LogP contribution < -0.4 is 15.8 Å². The van der Waals surface area contributed by atoms with Gasteiger partial charge in [-0.15, -0.1) is 0 Å². The minimum atomic E-state index is -1.31. The number of carbonyl (C=O) groups excluding carboxylic acids is 1. The van der Waals surface area contributed by atoms with Crippen molar-refractivity contribution in [1.82, 2.24) is 9.97 Å². The number of nitrogens with zero attached hydrogens (tertiary/aromatic N) is 3. The van der Waals surface area contributed by atoms with Crippen LogP contribution in [-0.2, 0) is 15.0 Å². The fourth-order valence-corrected chi connectivity index (χ4v) is 4.33. The van der Waals surface area contributed by atoms with Crippen LogP contribution in [0.25, 0.3) is 0 Å². The molecule has 0 bridgehead atoms. The smallest absolute Gasteiger partial charge is 0.283 e. The topological polar surface area (TPSA) is 121 Å². The average Bonchev–Trinajstić information content (AvgIpc) is 2.80. The molecule has 2 aliphatic heterocycles. The number of halogens is 3. The van der Waals surface area contributed by atoms with Crippen LogP contribution in [0.15, 0.2) is 35.6 Å². The van der Waals surface area contributed by atoms with Crippen LogP contribution in [0, 0.1) is 11.7 Å². The van der Waals surface area contributed by atoms with Gasteiger partial charge in [0.2, 0.25) is 12.7 Å². The number of nitrogens with one attached hydrogen (secondary N) is 1. The lowest BCUT2D eigenvalue weighted by Gasteiger charge is -2.48. The average molecular weight is 465 g/mol. The molecule has 1 aromatic carbocycles. The van der Waals surface area contributed by atoms with Gasteiger partial charge in [0.05, 0.1) is 31.0 Å². The van der Waals surface area contributed by atoms with Gasteiger partial charge in [0, 0.05) is 17.7 Å². The molecule has 176 valence electrons. The molecule has 0 aliphatic carbocycles. The number of rotatable bonds is 6. The maximum atomic E-state index is 15.0. The lowest BCUT2D eigenvalue weighted by atomic mass is 9.71. The van der Waals surface area contributed by atoms with E-state index in [1.165, 1.54) is 18.2 Å². The summed E-state index contributed by atoms with van der Waals surface area (Å²) >= 11 is 0. The number of aromatic nitrogens is 2. The van der Waals surface area contributed by atoms with Gasteiger partial charge in [0.25, 0.3) is 11.9 Å². The Bertz CT molecular complexity index is 1050. The van der Waals surface area contributed by atoms with Crippen molar-refractivity contribution in [2.24, 2.45) is 16.6 Å². The Morgan fingerprint density at radius 2 is 2.15 bits per heavy atom. The molecule has 9 nitrogen and oxygen atoms in total. The Morgan fingerprint density at radius 1 is 1.33 bits per heavy atom. The molecule has 2 aliphatic rings. The molecule has 0 radical (unpaired) electrons. The van der Waals surface area contributed by atoms with E-state index in [1.54, 1.807) is 6.92 Å². The molecule has 4 atom stereocenters. The van der Waals surface area contributed by atoms with Gasteiger partial charge in [0.15, 0.2) is 0 Å². The number of aliphatic imine (C=N–C) groups is 1. The standard InChI is InChI=1S/C21H22F3N5O4/c1-21(18-15(33-20(25)29-21)4-5-31-16(18)7-22)12-6-11(2-3-13(12)24)28-19(30)14-8-27-17(9-26-14)32-10-23/h2-3,6,8-9,15-16,18H,4-5,7,10H2,1H3,(H2,25,29)(H,28,30)/t15-,16+,18-,21-/m1/s1. The highest BCUT2D eigenvalue weighted by molar-refractivity contribution is 6.02. The summed E-state index contributed by atoms with van der Waals surface area (Å²) in [5, 5.41) is 2.60. The van der Waals surface area contributed by atoms with Crippen molar-refractivity contribution in [3.05, 3.63) is 47.7 Å². The van der Waals surface area contributed by atoms with E-state index in [2.05, 4.69) is 25.0 Å². The summed E-state index contributed by atoms with van der Waals surface area (Å²) in [5.41, 5.74) is 4.85. The van der Waals surface area contributed by atoms with E-state index in [9.17, 15) is 13.6 Å². The van der Waals surface area contributed by atoms with Gasteiger partial charge >= 0.3 is 0 Å². The predicted molar refractivity (Wildman–Crippen MR) is 111 cm³/mol. The van der Waals surface area contributed by atoms with Crippen molar-refractivity contribution < 1.29 is 32.2 Å². The van der Waals surface area contributed by atoms with Crippen molar-refractivity contribution in [2.45, 2.75) is 31.1 Å². The number of hydrogen-bond acceptors (Lipinski definition) is 8. The van der Waals surface area contributed by atoms with Crippen molar-refractivity contribution in [3.63, 3.8) is 0 Å². The summed E-state index contributed by atoms with van der Waals surface area (Å²) < 4.78 is 56.7. The second kappa shape index (κ2) is 9.22. The Hall–Kier alpha value is -3.41. The van der Waals surface area contributed by atoms with Crippen molar-refractivity contribution >= 4 is 17.6 Å². The summed E-state index contributed by atoms with van der Waals surface area (Å²) in [6.45, 7) is 0.0459. The fraction of sp³-hybridized carbons (Fsp3) is 0.429. The first-order valence-electron chi connectivity index (χ1n) is 10.2. The van der Waals surface area contributed by atoms with Gasteiger partial charge in [-0.05, 0) is 25.1 Å². The van der Waals surface area contributed by atoms with Crippen LogP contribution in [0.1, 0.15) is 29.4 Å². The van der Waals surface area contributed by atoms with Gasteiger partial charge in [-0.2, -0.15) is 0 Å². The van der Waals surface area contributed by atoms with Gasteiger partial charge in [-0.25, -0.2) is 28.1 Å². The van der Waals surface area contributed by atoms with E-state index in [4.69, 9.17) is 15.2 Å². The van der Waals surface area contributed by atoms with Crippen LogP contribution in [-0.4, -0.2) is 54.2 Å². The maximum Gasteiger partial charge on any atom is 0.283 e. The molecule has 0 spiro atoms. The highest BCUT2D eigenvalue weighted by Crippen LogP contribution is 2.46. The van der Waals surface area contributed by atoms with E-state index in [0.717, 1.165) is 12.4 Å². The summed E-state index contributed by atoms with van der Waals surface area (Å²) in [6, 6.07) is 3.81. The molecule has 33 heavy (non-hydrogen) atoms. The third kappa shape index (κ3) is 4.42. The normalized spacial score (nSPS) is 26.5. The molecule has 12 heteroatoms. The van der Waals surface area contributed by atoms with E-state index in [-0.39, 0.29) is 35.5 Å². The highest BCUT2D eigenvalue weighted by atomic mass is 19.1. The lowest BCUT2D eigenvalue weighted by Crippen LogP contribution is -2.56. The zero-order chi connectivity index (χ0) is 23.6. The third-order valence-corrected chi connectivity index (χ3v) is 5.78. The van der Waals surface area contributed by atoms with Crippen LogP contribution >= 0.6 is 0 Å². The molecular weight excluding hydrogens is 443 g/mol. The van der Waals surface area contributed by atoms with Gasteiger partial charge in [-0.1, -0.05) is 0 Å². The number of amides is 1. The van der Waals surface area contributed by atoms with Crippen LogP contribution in [0.4, 0.5) is 18.9 Å². The Balaban J connectivity index is 1.64. The number of nitrogens with two attached hydrogens (primary N) is 1. The molecule has 1 aromatic heterocycles. The minimum Gasteiger partial charge on any atom is -0.462 e. The highest BCUT2D eigenvalue weighted by Gasteiger charge is 2.52. The molecule has 1 fully saturated rings. The molecule has 3 heterocycles. The number of ether oxygens (including phenoxy) is 3. The molecule has 1 saturated heterocycles. The summed E-state index contributed by atoms with van der Waals surface area (Å²) in [5.74, 6) is -1.96. The van der Waals surface area contributed by atoms with Crippen molar-refractivity contribution in [1.29, 1.82) is 0 Å². The Kier molecular flexibility index (Phi) is 6.36. The van der Waals surface area contributed by atoms with Crippen molar-refractivity contribution in [3.8, 4) is 5.88 Å². The first kappa shape index (κ1) is 22.8. The SMILES string of the molecule is C[C@]1(c2cc(NC(=O)c3cnc(OCF)cn3)ccc2F)N=C(N)O[C@@H]2CCO[C@@H](CF)[C@@H]21. The number of fused-ring (bicyclic) bond motifs is 1. The summed E-state index contributed by atoms with van der Waals surface area (Å²) in [4.78, 5) is 24.5. The first-order valence-corrected chi connectivity index (χ1v) is 10.2. The number of benzene rings is 1. The van der Waals surface area contributed by atoms with Gasteiger partial charge in [-0.3, -0.25) is 4.79 Å². The monoisotopic (exact) mass is 465 g/mol. The number of carbonyl (C=O) groups is 1. The minimum absolute atomic E-state index is 0.0649. The molecule has 1 amide bonds.